The Hall–Kier alpha value is -2.43. The van der Waals surface area contributed by atoms with Crippen molar-refractivity contribution in [1.82, 2.24) is 15.6 Å². The molecule has 1 fully saturated rings. The molecule has 1 aliphatic carbocycles. The van der Waals surface area contributed by atoms with Gasteiger partial charge in [-0.3, -0.25) is 14.4 Å². The molecule has 212 valence electrons. The number of amides is 2. The number of benzene rings is 1. The molecule has 3 N–H and O–H groups in total. The molecule has 2 aliphatic rings. The minimum absolute atomic E-state index is 0.0886. The number of aromatic nitrogens is 1. The summed E-state index contributed by atoms with van der Waals surface area (Å²) in [4.78, 5) is 41.8. The summed E-state index contributed by atoms with van der Waals surface area (Å²) < 4.78 is 12.7. The number of ether oxygens (including phenoxy) is 2. The fourth-order valence-corrected chi connectivity index (χ4v) is 6.79. The molecule has 1 aliphatic heterocycles. The highest BCUT2D eigenvalue weighted by Crippen LogP contribution is 2.51. The minimum atomic E-state index is -1.87. The van der Waals surface area contributed by atoms with E-state index in [0.717, 1.165) is 36.3 Å². The van der Waals surface area contributed by atoms with Gasteiger partial charge in [0.25, 0.3) is 17.3 Å². The quantitative estimate of drug-likeness (QED) is 0.270. The SMILES string of the molecule is CSc1cc(C)[nH]c(=O)c1CNC(=O)c1cc(Cl)c2c(c1C)OC(C)(C1CCC(NC(=O)[Si](C)(C)C)CC1)O2. The lowest BCUT2D eigenvalue weighted by Gasteiger charge is -2.38. The lowest BCUT2D eigenvalue weighted by molar-refractivity contribution is -0.121. The second kappa shape index (κ2) is 11.2. The van der Waals surface area contributed by atoms with Crippen LogP contribution in [0.4, 0.5) is 4.79 Å². The first-order chi connectivity index (χ1) is 18.2. The Labute approximate surface area is 240 Å². The molecule has 1 aromatic heterocycles. The molecule has 2 heterocycles. The van der Waals surface area contributed by atoms with Gasteiger partial charge in [-0.05, 0) is 57.9 Å². The largest absolute Gasteiger partial charge is 0.448 e. The van der Waals surface area contributed by atoms with E-state index in [1.54, 1.807) is 6.07 Å². The van der Waals surface area contributed by atoms with Gasteiger partial charge in [-0.1, -0.05) is 31.2 Å². The highest BCUT2D eigenvalue weighted by Gasteiger charge is 2.47. The van der Waals surface area contributed by atoms with Crippen molar-refractivity contribution in [2.75, 3.05) is 6.26 Å². The van der Waals surface area contributed by atoms with Crippen LogP contribution in [-0.2, 0) is 6.54 Å². The highest BCUT2D eigenvalue weighted by molar-refractivity contribution is 7.98. The van der Waals surface area contributed by atoms with Crippen molar-refractivity contribution >= 4 is 42.9 Å². The predicted octanol–water partition coefficient (Wildman–Crippen LogP) is 5.97. The fourth-order valence-electron chi connectivity index (χ4n) is 5.21. The third kappa shape index (κ3) is 6.17. The monoisotopic (exact) mass is 591 g/mol. The van der Waals surface area contributed by atoms with Crippen LogP contribution in [-0.4, -0.2) is 42.6 Å². The standard InChI is InChI=1S/C28H38ClN3O5SSi/c1-15-12-22(38-4)20(26(34)31-15)14-30-25(33)19-13-21(29)24-23(16(19)2)36-28(3,37-24)17-8-10-18(11-9-17)32-27(35)39(5,6)7/h12-13,17-18H,8-11,14H2,1-7H3,(H,30,33)(H,31,34)(H,32,35). The Bertz CT molecular complexity index is 1350. The van der Waals surface area contributed by atoms with Gasteiger partial charge in [-0.25, -0.2) is 0 Å². The van der Waals surface area contributed by atoms with E-state index in [-0.39, 0.29) is 35.5 Å². The molecule has 0 bridgehead atoms. The molecule has 11 heteroatoms. The van der Waals surface area contributed by atoms with Crippen molar-refractivity contribution < 1.29 is 19.1 Å². The summed E-state index contributed by atoms with van der Waals surface area (Å²) in [6.07, 6.45) is 5.29. The summed E-state index contributed by atoms with van der Waals surface area (Å²) in [5.74, 6) is -0.234. The normalized spacial score (nSPS) is 22.5. The Kier molecular flexibility index (Phi) is 8.49. The van der Waals surface area contributed by atoms with Crippen LogP contribution in [0.25, 0.3) is 0 Å². The van der Waals surface area contributed by atoms with Crippen LogP contribution in [0.5, 0.6) is 11.5 Å². The molecule has 4 rings (SSSR count). The third-order valence-corrected chi connectivity index (χ3v) is 10.2. The molecular formula is C28H38ClN3O5SSi. The fraction of sp³-hybridized carbons (Fsp3) is 0.536. The first-order valence-corrected chi connectivity index (χ1v) is 18.4. The molecule has 39 heavy (non-hydrogen) atoms. The van der Waals surface area contributed by atoms with Crippen LogP contribution >= 0.6 is 23.4 Å². The molecule has 1 unspecified atom stereocenters. The molecule has 1 aromatic carbocycles. The molecule has 2 aromatic rings. The van der Waals surface area contributed by atoms with E-state index < -0.39 is 13.9 Å². The predicted molar refractivity (Wildman–Crippen MR) is 158 cm³/mol. The molecule has 0 saturated heterocycles. The number of nitrogens with one attached hydrogen (secondary N) is 3. The zero-order valence-corrected chi connectivity index (χ0v) is 26.2. The molecule has 0 spiro atoms. The van der Waals surface area contributed by atoms with Crippen LogP contribution < -0.4 is 25.7 Å². The van der Waals surface area contributed by atoms with Gasteiger partial charge >= 0.3 is 0 Å². The first kappa shape index (κ1) is 29.5. The summed E-state index contributed by atoms with van der Waals surface area (Å²) in [6.45, 7) is 11.8. The molecule has 1 atom stereocenters. The Morgan fingerprint density at radius 1 is 1.13 bits per heavy atom. The van der Waals surface area contributed by atoms with Crippen LogP contribution in [0.1, 0.15) is 59.8 Å². The average Bonchev–Trinajstić information content (AvgIpc) is 3.24. The Morgan fingerprint density at radius 2 is 1.77 bits per heavy atom. The van der Waals surface area contributed by atoms with Crippen molar-refractivity contribution in [2.45, 2.75) is 89.4 Å². The van der Waals surface area contributed by atoms with Gasteiger partial charge < -0.3 is 25.1 Å². The smallest absolute Gasteiger partial charge is 0.254 e. The average molecular weight is 592 g/mol. The van der Waals surface area contributed by atoms with Gasteiger partial charge in [0, 0.05) is 52.7 Å². The Balaban J connectivity index is 1.46. The van der Waals surface area contributed by atoms with E-state index in [1.807, 2.05) is 33.1 Å². The van der Waals surface area contributed by atoms with Gasteiger partial charge in [-0.2, -0.15) is 0 Å². The van der Waals surface area contributed by atoms with E-state index in [1.165, 1.54) is 11.8 Å². The lowest BCUT2D eigenvalue weighted by Crippen LogP contribution is -2.50. The van der Waals surface area contributed by atoms with Gasteiger partial charge in [-0.15, -0.1) is 11.8 Å². The van der Waals surface area contributed by atoms with Crippen molar-refractivity contribution in [3.8, 4) is 11.5 Å². The van der Waals surface area contributed by atoms with Crippen LogP contribution in [0.3, 0.4) is 0 Å². The van der Waals surface area contributed by atoms with Crippen molar-refractivity contribution in [2.24, 2.45) is 5.92 Å². The van der Waals surface area contributed by atoms with E-state index in [2.05, 4.69) is 35.3 Å². The molecule has 2 amide bonds. The summed E-state index contributed by atoms with van der Waals surface area (Å²) >= 11 is 8.06. The van der Waals surface area contributed by atoms with E-state index in [0.29, 0.717) is 33.2 Å². The second-order valence-electron chi connectivity index (χ2n) is 11.7. The van der Waals surface area contributed by atoms with Crippen LogP contribution in [0, 0.1) is 19.8 Å². The zero-order chi connectivity index (χ0) is 28.7. The summed E-state index contributed by atoms with van der Waals surface area (Å²) in [5.41, 5.74) is 2.27. The third-order valence-electron chi connectivity index (χ3n) is 7.65. The summed E-state index contributed by atoms with van der Waals surface area (Å²) in [6, 6.07) is 3.66. The molecule has 1 saturated carbocycles. The van der Waals surface area contributed by atoms with Gasteiger partial charge in [0.15, 0.2) is 25.1 Å². The highest BCUT2D eigenvalue weighted by atomic mass is 35.5. The molecular weight excluding hydrogens is 554 g/mol. The number of rotatable bonds is 7. The first-order valence-electron chi connectivity index (χ1n) is 13.3. The van der Waals surface area contributed by atoms with Gasteiger partial charge in [0.2, 0.25) is 0 Å². The van der Waals surface area contributed by atoms with Crippen LogP contribution in [0.2, 0.25) is 24.7 Å². The Morgan fingerprint density at radius 3 is 2.38 bits per heavy atom. The molecule has 0 radical (unpaired) electrons. The van der Waals surface area contributed by atoms with Gasteiger partial charge in [0.05, 0.1) is 5.02 Å². The number of halogens is 1. The number of aromatic amines is 1. The number of carbonyl (C=O) groups is 2. The molecule has 8 nitrogen and oxygen atoms in total. The minimum Gasteiger partial charge on any atom is -0.448 e. The number of carbonyl (C=O) groups excluding carboxylic acids is 2. The van der Waals surface area contributed by atoms with Gasteiger partial charge in [0.1, 0.15) is 0 Å². The van der Waals surface area contributed by atoms with Crippen molar-refractivity contribution in [3.63, 3.8) is 0 Å². The van der Waals surface area contributed by atoms with E-state index >= 15 is 0 Å². The number of hydrogen-bond donors (Lipinski definition) is 3. The van der Waals surface area contributed by atoms with E-state index in [4.69, 9.17) is 21.1 Å². The maximum absolute atomic E-state index is 13.2. The second-order valence-corrected chi connectivity index (χ2v) is 17.9. The number of fused-ring (bicyclic) bond motifs is 1. The number of H-pyrrole nitrogens is 1. The number of aryl methyl sites for hydroxylation is 1. The number of pyridine rings is 1. The maximum atomic E-state index is 13.2. The maximum Gasteiger partial charge on any atom is 0.254 e. The number of hydrogen-bond acceptors (Lipinski definition) is 6. The van der Waals surface area contributed by atoms with Crippen molar-refractivity contribution in [3.05, 3.63) is 49.9 Å². The van der Waals surface area contributed by atoms with E-state index in [9.17, 15) is 14.4 Å². The summed E-state index contributed by atoms with van der Waals surface area (Å²) in [7, 11) is -1.87. The summed E-state index contributed by atoms with van der Waals surface area (Å²) in [5, 5.41) is 6.40. The van der Waals surface area contributed by atoms with Crippen molar-refractivity contribution in [1.29, 1.82) is 0 Å². The topological polar surface area (TPSA) is 110 Å². The zero-order valence-electron chi connectivity index (χ0n) is 23.7. The number of thioether (sulfide) groups is 1. The lowest BCUT2D eigenvalue weighted by atomic mass is 9.81. The van der Waals surface area contributed by atoms with Crippen LogP contribution in [0.15, 0.2) is 21.8 Å².